The third kappa shape index (κ3) is 4.01. The first kappa shape index (κ1) is 15.9. The molecule has 1 aliphatic heterocycles. The van der Waals surface area contributed by atoms with E-state index in [1.807, 2.05) is 0 Å². The first-order chi connectivity index (χ1) is 9.92. The van der Waals surface area contributed by atoms with Gasteiger partial charge < -0.3 is 5.32 Å². The van der Waals surface area contributed by atoms with Crippen LogP contribution in [0.5, 0.6) is 0 Å². The van der Waals surface area contributed by atoms with Gasteiger partial charge in [-0.25, -0.2) is 17.1 Å². The highest BCUT2D eigenvalue weighted by Crippen LogP contribution is 2.15. The summed E-state index contributed by atoms with van der Waals surface area (Å²) in [6, 6.07) is 5.43. The molecule has 21 heavy (non-hydrogen) atoms. The zero-order valence-electron chi connectivity index (χ0n) is 11.9. The second-order valence-corrected chi connectivity index (χ2v) is 7.32. The molecule has 1 N–H and O–H groups in total. The van der Waals surface area contributed by atoms with Crippen molar-refractivity contribution >= 4 is 15.9 Å². The van der Waals surface area contributed by atoms with E-state index >= 15 is 0 Å². The van der Waals surface area contributed by atoms with Crippen LogP contribution in [0.25, 0.3) is 0 Å². The molecule has 1 aliphatic rings. The second-order valence-electron chi connectivity index (χ2n) is 5.06. The highest BCUT2D eigenvalue weighted by Gasteiger charge is 2.27. The molecule has 1 saturated heterocycles. The van der Waals surface area contributed by atoms with Crippen molar-refractivity contribution in [1.29, 1.82) is 0 Å². The minimum absolute atomic E-state index is 0.0796. The van der Waals surface area contributed by atoms with Gasteiger partial charge in [-0.1, -0.05) is 6.07 Å². The molecule has 0 unspecified atom stereocenters. The van der Waals surface area contributed by atoms with Crippen molar-refractivity contribution in [2.75, 3.05) is 18.8 Å². The van der Waals surface area contributed by atoms with E-state index in [1.54, 1.807) is 13.0 Å². The van der Waals surface area contributed by atoms with Crippen LogP contribution >= 0.6 is 0 Å². The lowest BCUT2D eigenvalue weighted by atomic mass is 10.1. The Morgan fingerprint density at radius 1 is 1.38 bits per heavy atom. The largest absolute Gasteiger partial charge is 0.349 e. The third-order valence-electron chi connectivity index (χ3n) is 3.63. The summed E-state index contributed by atoms with van der Waals surface area (Å²) in [7, 11) is -3.16. The highest BCUT2D eigenvalue weighted by molar-refractivity contribution is 7.89. The summed E-state index contributed by atoms with van der Waals surface area (Å²) in [5, 5.41) is 2.83. The van der Waals surface area contributed by atoms with Gasteiger partial charge in [-0.15, -0.1) is 0 Å². The van der Waals surface area contributed by atoms with E-state index in [2.05, 4.69) is 5.32 Å². The summed E-state index contributed by atoms with van der Waals surface area (Å²) in [5.74, 6) is -0.689. The molecular weight excluding hydrogens is 295 g/mol. The Kier molecular flexibility index (Phi) is 4.95. The van der Waals surface area contributed by atoms with Crippen LogP contribution in [0.1, 0.15) is 30.1 Å². The topological polar surface area (TPSA) is 66.5 Å². The average Bonchev–Trinajstić information content (AvgIpc) is 2.48. The van der Waals surface area contributed by atoms with Gasteiger partial charge in [0, 0.05) is 24.7 Å². The molecule has 0 aliphatic carbocycles. The van der Waals surface area contributed by atoms with Crippen molar-refractivity contribution in [3.8, 4) is 0 Å². The van der Waals surface area contributed by atoms with Crippen LogP contribution in [0.4, 0.5) is 4.39 Å². The molecule has 1 aromatic carbocycles. The predicted octanol–water partition coefficient (Wildman–Crippen LogP) is 1.37. The van der Waals surface area contributed by atoms with Crippen molar-refractivity contribution in [3.63, 3.8) is 0 Å². The summed E-state index contributed by atoms with van der Waals surface area (Å²) >= 11 is 0. The van der Waals surface area contributed by atoms with Crippen LogP contribution in [-0.2, 0) is 10.0 Å². The smallest absolute Gasteiger partial charge is 0.251 e. The zero-order valence-corrected chi connectivity index (χ0v) is 12.7. The molecule has 1 fully saturated rings. The molecule has 2 rings (SSSR count). The van der Waals surface area contributed by atoms with Crippen LogP contribution in [0, 0.1) is 5.82 Å². The van der Waals surface area contributed by atoms with E-state index in [1.165, 1.54) is 22.5 Å². The molecule has 1 heterocycles. The molecule has 116 valence electrons. The van der Waals surface area contributed by atoms with Crippen molar-refractivity contribution in [2.45, 2.75) is 25.8 Å². The maximum Gasteiger partial charge on any atom is 0.251 e. The third-order valence-corrected chi connectivity index (χ3v) is 5.52. The summed E-state index contributed by atoms with van der Waals surface area (Å²) in [6.45, 7) is 2.43. The minimum atomic E-state index is -3.16. The zero-order chi connectivity index (χ0) is 15.5. The summed E-state index contributed by atoms with van der Waals surface area (Å²) in [5.41, 5.74) is 0.276. The second kappa shape index (κ2) is 6.53. The SMILES string of the molecule is CCS(=O)(=O)N1CCC(NC(=O)c2cccc(F)c2)CC1. The summed E-state index contributed by atoms with van der Waals surface area (Å²) in [4.78, 5) is 12.0. The summed E-state index contributed by atoms with van der Waals surface area (Å²) in [6.07, 6.45) is 1.14. The number of amides is 1. The van der Waals surface area contributed by atoms with E-state index in [-0.39, 0.29) is 23.3 Å². The van der Waals surface area contributed by atoms with Gasteiger partial charge in [0.15, 0.2) is 0 Å². The number of carbonyl (C=O) groups is 1. The van der Waals surface area contributed by atoms with Crippen LogP contribution in [-0.4, -0.2) is 43.5 Å². The highest BCUT2D eigenvalue weighted by atomic mass is 32.2. The number of piperidine rings is 1. The molecule has 5 nitrogen and oxygen atoms in total. The van der Waals surface area contributed by atoms with E-state index in [0.717, 1.165) is 0 Å². The van der Waals surface area contributed by atoms with Gasteiger partial charge in [-0.3, -0.25) is 4.79 Å². The van der Waals surface area contributed by atoms with Crippen LogP contribution in [0.2, 0.25) is 0 Å². The minimum Gasteiger partial charge on any atom is -0.349 e. The molecule has 0 radical (unpaired) electrons. The van der Waals surface area contributed by atoms with Crippen molar-refractivity contribution < 1.29 is 17.6 Å². The molecule has 0 atom stereocenters. The van der Waals surface area contributed by atoms with Crippen LogP contribution in [0.15, 0.2) is 24.3 Å². The Morgan fingerprint density at radius 3 is 2.62 bits per heavy atom. The van der Waals surface area contributed by atoms with Gasteiger partial charge in [0.1, 0.15) is 5.82 Å². The van der Waals surface area contributed by atoms with Crippen LogP contribution in [0.3, 0.4) is 0 Å². The Labute approximate surface area is 124 Å². The maximum atomic E-state index is 13.1. The molecule has 0 bridgehead atoms. The van der Waals surface area contributed by atoms with E-state index < -0.39 is 15.8 Å². The lowest BCUT2D eigenvalue weighted by Gasteiger charge is -2.31. The number of nitrogens with one attached hydrogen (secondary N) is 1. The van der Waals surface area contributed by atoms with Crippen molar-refractivity contribution in [2.24, 2.45) is 0 Å². The fraction of sp³-hybridized carbons (Fsp3) is 0.500. The number of benzene rings is 1. The van der Waals surface area contributed by atoms with Gasteiger partial charge in [-0.2, -0.15) is 0 Å². The first-order valence-electron chi connectivity index (χ1n) is 6.96. The maximum absolute atomic E-state index is 13.1. The van der Waals surface area contributed by atoms with E-state index in [9.17, 15) is 17.6 Å². The fourth-order valence-corrected chi connectivity index (χ4v) is 3.49. The van der Waals surface area contributed by atoms with Gasteiger partial charge in [0.2, 0.25) is 10.0 Å². The van der Waals surface area contributed by atoms with Crippen LogP contribution < -0.4 is 5.32 Å². The number of carbonyl (C=O) groups excluding carboxylic acids is 1. The number of rotatable bonds is 4. The quantitative estimate of drug-likeness (QED) is 0.913. The lowest BCUT2D eigenvalue weighted by molar-refractivity contribution is 0.0923. The molecule has 1 aromatic rings. The fourth-order valence-electron chi connectivity index (χ4n) is 2.36. The van der Waals surface area contributed by atoms with Crippen molar-refractivity contribution in [1.82, 2.24) is 9.62 Å². The monoisotopic (exact) mass is 314 g/mol. The standard InChI is InChI=1S/C14H19FN2O3S/c1-2-21(19,20)17-8-6-13(7-9-17)16-14(18)11-4-3-5-12(15)10-11/h3-5,10,13H,2,6-9H2,1H3,(H,16,18). The Morgan fingerprint density at radius 2 is 2.05 bits per heavy atom. The molecule has 1 amide bonds. The Balaban J connectivity index is 1.91. The van der Waals surface area contributed by atoms with Gasteiger partial charge in [0.25, 0.3) is 5.91 Å². The van der Waals surface area contributed by atoms with E-state index in [0.29, 0.717) is 25.9 Å². The normalized spacial score (nSPS) is 17.6. The molecular formula is C14H19FN2O3S. The molecule has 0 spiro atoms. The van der Waals surface area contributed by atoms with Gasteiger partial charge >= 0.3 is 0 Å². The molecule has 7 heteroatoms. The van der Waals surface area contributed by atoms with Crippen molar-refractivity contribution in [3.05, 3.63) is 35.6 Å². The first-order valence-corrected chi connectivity index (χ1v) is 8.57. The van der Waals surface area contributed by atoms with Gasteiger partial charge in [0.05, 0.1) is 5.75 Å². The summed E-state index contributed by atoms with van der Waals surface area (Å²) < 4.78 is 38.0. The van der Waals surface area contributed by atoms with E-state index in [4.69, 9.17) is 0 Å². The lowest BCUT2D eigenvalue weighted by Crippen LogP contribution is -2.46. The molecule has 0 aromatic heterocycles. The predicted molar refractivity (Wildman–Crippen MR) is 77.9 cm³/mol. The Bertz CT molecular complexity index is 610. The number of hydrogen-bond donors (Lipinski definition) is 1. The van der Waals surface area contributed by atoms with Gasteiger partial charge in [-0.05, 0) is 38.0 Å². The number of nitrogens with zero attached hydrogens (tertiary/aromatic N) is 1. The Hall–Kier alpha value is -1.47. The number of hydrogen-bond acceptors (Lipinski definition) is 3. The average molecular weight is 314 g/mol. The molecule has 0 saturated carbocycles. The number of sulfonamides is 1. The number of halogens is 1.